The van der Waals surface area contributed by atoms with Crippen molar-refractivity contribution in [2.45, 2.75) is 83.6 Å². The first kappa shape index (κ1) is 26.6. The van der Waals surface area contributed by atoms with Gasteiger partial charge in [0.1, 0.15) is 0 Å². The Balaban J connectivity index is 0. The van der Waals surface area contributed by atoms with Gasteiger partial charge in [-0.15, -0.1) is 0 Å². The minimum absolute atomic E-state index is 0. The smallest absolute Gasteiger partial charge is 0.548 e. The molecule has 1 unspecified atom stereocenters. The number of carboxylic acid groups (broad SMARTS) is 1. The molecule has 0 aliphatic heterocycles. The zero-order chi connectivity index (χ0) is 17.3. The van der Waals surface area contributed by atoms with Crippen molar-refractivity contribution in [3.05, 3.63) is 0 Å². The van der Waals surface area contributed by atoms with Gasteiger partial charge in [-0.25, -0.2) is 0 Å². The molecule has 0 aromatic rings. The molecular weight excluding hydrogens is 313 g/mol. The molecular formula is C18H38N3NaO2. The maximum absolute atomic E-state index is 11.3. The molecule has 0 amide bonds. The van der Waals surface area contributed by atoms with E-state index in [-0.39, 0.29) is 29.6 Å². The Morgan fingerprint density at radius 3 is 1.67 bits per heavy atom. The van der Waals surface area contributed by atoms with Crippen LogP contribution in [0.1, 0.15) is 77.6 Å². The predicted octanol–water partition coefficient (Wildman–Crippen LogP) is -1.36. The molecule has 1 atom stereocenters. The molecule has 0 heterocycles. The number of hydrogen-bond acceptors (Lipinski definition) is 5. The van der Waals surface area contributed by atoms with Crippen molar-refractivity contribution in [3.8, 4) is 0 Å². The van der Waals surface area contributed by atoms with Crippen molar-refractivity contribution in [1.82, 2.24) is 4.90 Å². The second kappa shape index (κ2) is 19.7. The van der Waals surface area contributed by atoms with Gasteiger partial charge in [0.05, 0.1) is 5.97 Å². The first-order valence-electron chi connectivity index (χ1n) is 9.52. The van der Waals surface area contributed by atoms with Gasteiger partial charge >= 0.3 is 29.6 Å². The molecule has 0 rings (SSSR count). The van der Waals surface area contributed by atoms with Gasteiger partial charge in [0.2, 0.25) is 0 Å². The Morgan fingerprint density at radius 2 is 1.29 bits per heavy atom. The molecule has 0 saturated heterocycles. The van der Waals surface area contributed by atoms with Crippen LogP contribution >= 0.6 is 0 Å². The van der Waals surface area contributed by atoms with E-state index < -0.39 is 12.0 Å². The van der Waals surface area contributed by atoms with Crippen molar-refractivity contribution in [3.63, 3.8) is 0 Å². The first-order valence-corrected chi connectivity index (χ1v) is 9.52. The third kappa shape index (κ3) is 14.7. The van der Waals surface area contributed by atoms with Crippen LogP contribution in [0.2, 0.25) is 0 Å². The number of nitrogens with two attached hydrogens (primary N) is 2. The van der Waals surface area contributed by atoms with Crippen LogP contribution in [0.3, 0.4) is 0 Å². The third-order valence-corrected chi connectivity index (χ3v) is 4.38. The average Bonchev–Trinajstić information content (AvgIpc) is 2.52. The summed E-state index contributed by atoms with van der Waals surface area (Å²) in [5.41, 5.74) is 11.1. The number of hydrogen-bond donors (Lipinski definition) is 2. The first-order chi connectivity index (χ1) is 11.2. The van der Waals surface area contributed by atoms with Crippen molar-refractivity contribution in [1.29, 1.82) is 0 Å². The number of unbranched alkanes of at least 4 members (excludes halogenated alkanes) is 9. The maximum Gasteiger partial charge on any atom is 1.00 e. The topological polar surface area (TPSA) is 95.4 Å². The Bertz CT molecular complexity index is 275. The van der Waals surface area contributed by atoms with E-state index in [2.05, 4.69) is 6.92 Å². The van der Waals surface area contributed by atoms with Crippen molar-refractivity contribution < 1.29 is 39.5 Å². The predicted molar refractivity (Wildman–Crippen MR) is 94.9 cm³/mol. The summed E-state index contributed by atoms with van der Waals surface area (Å²) in [6.45, 7) is 4.26. The molecule has 0 aromatic carbocycles. The quantitative estimate of drug-likeness (QED) is 0.249. The Morgan fingerprint density at radius 1 is 0.875 bits per heavy atom. The molecule has 5 nitrogen and oxygen atoms in total. The number of carbonyl (C=O) groups excluding carboxylic acids is 1. The van der Waals surface area contributed by atoms with E-state index in [1.807, 2.05) is 4.90 Å². The van der Waals surface area contributed by atoms with Gasteiger partial charge < -0.3 is 21.4 Å². The zero-order valence-electron chi connectivity index (χ0n) is 16.1. The van der Waals surface area contributed by atoms with E-state index in [0.29, 0.717) is 32.6 Å². The minimum Gasteiger partial charge on any atom is -0.548 e. The Hall–Kier alpha value is 0.350. The number of carboxylic acids is 1. The molecule has 0 aliphatic rings. The number of carbonyl (C=O) groups is 1. The molecule has 0 aliphatic carbocycles. The molecule has 24 heavy (non-hydrogen) atoms. The molecule has 6 heteroatoms. The minimum atomic E-state index is -0.997. The molecule has 0 bridgehead atoms. The van der Waals surface area contributed by atoms with Gasteiger partial charge in [0.15, 0.2) is 0 Å². The fourth-order valence-electron chi connectivity index (χ4n) is 3.03. The van der Waals surface area contributed by atoms with Crippen molar-refractivity contribution in [2.24, 2.45) is 11.5 Å². The van der Waals surface area contributed by atoms with Gasteiger partial charge in [-0.3, -0.25) is 4.90 Å². The van der Waals surface area contributed by atoms with Gasteiger partial charge in [-0.05, 0) is 6.42 Å². The summed E-state index contributed by atoms with van der Waals surface area (Å²) < 4.78 is 0. The monoisotopic (exact) mass is 351 g/mol. The van der Waals surface area contributed by atoms with Gasteiger partial charge in [0.25, 0.3) is 0 Å². The molecule has 0 fully saturated rings. The molecule has 4 N–H and O–H groups in total. The molecule has 0 radical (unpaired) electrons. The Labute approximate surface area is 171 Å². The summed E-state index contributed by atoms with van der Waals surface area (Å²) in [7, 11) is 0. The van der Waals surface area contributed by atoms with Crippen molar-refractivity contribution in [2.75, 3.05) is 26.2 Å². The van der Waals surface area contributed by atoms with Crippen LogP contribution in [0.4, 0.5) is 0 Å². The summed E-state index contributed by atoms with van der Waals surface area (Å²) in [5, 5.41) is 11.3. The summed E-state index contributed by atoms with van der Waals surface area (Å²) in [4.78, 5) is 13.2. The van der Waals surface area contributed by atoms with Crippen LogP contribution in [0, 0.1) is 0 Å². The molecule has 138 valence electrons. The van der Waals surface area contributed by atoms with Crippen LogP contribution in [0.15, 0.2) is 0 Å². The molecule has 0 spiro atoms. The number of nitrogens with zero attached hydrogens (tertiary/aromatic N) is 1. The van der Waals surface area contributed by atoms with Crippen LogP contribution in [-0.2, 0) is 4.79 Å². The second-order valence-electron chi connectivity index (χ2n) is 6.42. The Kier molecular flexibility index (Phi) is 21.8. The van der Waals surface area contributed by atoms with E-state index in [0.717, 1.165) is 12.8 Å². The largest absolute Gasteiger partial charge is 1.00 e. The summed E-state index contributed by atoms with van der Waals surface area (Å²) >= 11 is 0. The van der Waals surface area contributed by atoms with E-state index in [1.165, 1.54) is 51.4 Å². The standard InChI is InChI=1S/C18H39N3O2.Na/c1-2-3-4-5-6-7-8-9-10-11-12-17(18(22)23)21(15-13-19)16-14-20;/h17H,2-16,19-20H2,1H3,(H,22,23);/q;+1/p-1. The fourth-order valence-corrected chi connectivity index (χ4v) is 3.03. The van der Waals surface area contributed by atoms with Gasteiger partial charge in [-0.2, -0.15) is 0 Å². The maximum atomic E-state index is 11.3. The number of aliphatic carboxylic acids is 1. The normalized spacial score (nSPS) is 12.2. The summed E-state index contributed by atoms with van der Waals surface area (Å²) in [5.74, 6) is -0.997. The van der Waals surface area contributed by atoms with Gasteiger partial charge in [-0.1, -0.05) is 71.1 Å². The summed E-state index contributed by atoms with van der Waals surface area (Å²) in [6.07, 6.45) is 13.1. The van der Waals surface area contributed by atoms with Crippen LogP contribution < -0.4 is 46.1 Å². The van der Waals surface area contributed by atoms with Crippen LogP contribution in [0.5, 0.6) is 0 Å². The van der Waals surface area contributed by atoms with E-state index in [4.69, 9.17) is 11.5 Å². The van der Waals surface area contributed by atoms with E-state index >= 15 is 0 Å². The van der Waals surface area contributed by atoms with Crippen LogP contribution in [-0.4, -0.2) is 43.1 Å². The zero-order valence-corrected chi connectivity index (χ0v) is 18.1. The van der Waals surface area contributed by atoms with Crippen LogP contribution in [0.25, 0.3) is 0 Å². The van der Waals surface area contributed by atoms with E-state index in [9.17, 15) is 9.90 Å². The third-order valence-electron chi connectivity index (χ3n) is 4.38. The number of rotatable bonds is 17. The van der Waals surface area contributed by atoms with Gasteiger partial charge in [0, 0.05) is 32.2 Å². The SMILES string of the molecule is CCCCCCCCCCCCC(C(=O)[O-])N(CCN)CCN.[Na+]. The summed E-state index contributed by atoms with van der Waals surface area (Å²) in [6, 6.07) is -0.545. The second-order valence-corrected chi connectivity index (χ2v) is 6.42. The molecule has 0 aromatic heterocycles. The van der Waals surface area contributed by atoms with E-state index in [1.54, 1.807) is 0 Å². The van der Waals surface area contributed by atoms with Crippen molar-refractivity contribution >= 4 is 5.97 Å². The fraction of sp³-hybridized carbons (Fsp3) is 0.944. The molecule has 0 saturated carbocycles. The average molecular weight is 352 g/mol.